The Morgan fingerprint density at radius 1 is 1.23 bits per heavy atom. The maximum atomic E-state index is 13.0. The van der Waals surface area contributed by atoms with Crippen LogP contribution in [0.4, 0.5) is 13.2 Å². The molecule has 2 aromatic heterocycles. The van der Waals surface area contributed by atoms with Gasteiger partial charge in [-0.15, -0.1) is 0 Å². The van der Waals surface area contributed by atoms with Crippen molar-refractivity contribution in [3.05, 3.63) is 24.0 Å². The molecule has 22 heavy (non-hydrogen) atoms. The van der Waals surface area contributed by atoms with Crippen molar-refractivity contribution in [1.29, 1.82) is 0 Å². The molecule has 0 aromatic carbocycles. The van der Waals surface area contributed by atoms with Gasteiger partial charge >= 0.3 is 6.18 Å². The number of rotatable bonds is 4. The minimum atomic E-state index is -4.77. The molecule has 0 radical (unpaired) electrons. The van der Waals surface area contributed by atoms with Crippen LogP contribution in [0.25, 0.3) is 11.4 Å². The second-order valence-electron chi connectivity index (χ2n) is 4.35. The minimum Gasteiger partial charge on any atom is -0.264 e. The average molecular weight is 334 g/mol. The quantitative estimate of drug-likeness (QED) is 0.801. The molecule has 0 aliphatic carbocycles. The number of alkyl halides is 3. The summed E-state index contributed by atoms with van der Waals surface area (Å²) in [4.78, 5) is 6.94. The van der Waals surface area contributed by atoms with E-state index in [0.717, 1.165) is 6.07 Å². The van der Waals surface area contributed by atoms with E-state index in [4.69, 9.17) is 0 Å². The topological polar surface area (TPSA) is 77.7 Å². The predicted molar refractivity (Wildman–Crippen MR) is 71.7 cm³/mol. The zero-order chi connectivity index (χ0) is 16.5. The van der Waals surface area contributed by atoms with Gasteiger partial charge in [-0.1, -0.05) is 6.92 Å². The zero-order valence-corrected chi connectivity index (χ0v) is 12.6. The van der Waals surface area contributed by atoms with Crippen LogP contribution in [0.2, 0.25) is 0 Å². The molecule has 0 atom stereocenters. The second-order valence-corrected chi connectivity index (χ2v) is 6.53. The Balaban J connectivity index is 2.72. The van der Waals surface area contributed by atoms with Crippen molar-refractivity contribution in [2.24, 2.45) is 0 Å². The Labute approximate surface area is 124 Å². The summed E-state index contributed by atoms with van der Waals surface area (Å²) in [6.45, 7) is 3.48. The molecule has 0 N–H and O–H groups in total. The maximum Gasteiger partial charge on any atom is 0.433 e. The van der Waals surface area contributed by atoms with Crippen LogP contribution in [0.1, 0.15) is 19.5 Å². The van der Waals surface area contributed by atoms with Crippen LogP contribution in [0.3, 0.4) is 0 Å². The van der Waals surface area contributed by atoms with Gasteiger partial charge in [-0.25, -0.2) is 18.4 Å². The molecule has 0 saturated carbocycles. The minimum absolute atomic E-state index is 0.131. The molecule has 6 nitrogen and oxygen atoms in total. The predicted octanol–water partition coefficient (Wildman–Crippen LogP) is 2.17. The van der Waals surface area contributed by atoms with Gasteiger partial charge in [0.15, 0.2) is 0 Å². The van der Waals surface area contributed by atoms with E-state index in [1.54, 1.807) is 6.92 Å². The van der Waals surface area contributed by atoms with Crippen LogP contribution in [0.15, 0.2) is 23.5 Å². The molecule has 0 saturated heterocycles. The number of sulfone groups is 1. The second kappa shape index (κ2) is 5.67. The summed E-state index contributed by atoms with van der Waals surface area (Å²) in [6, 6.07) is 2.19. The lowest BCUT2D eigenvalue weighted by Gasteiger charge is -2.11. The Bertz CT molecular complexity index is 784. The molecule has 120 valence electrons. The van der Waals surface area contributed by atoms with Crippen LogP contribution in [-0.4, -0.2) is 33.9 Å². The monoisotopic (exact) mass is 334 g/mol. The number of halogens is 3. The van der Waals surface area contributed by atoms with E-state index in [0.29, 0.717) is 12.2 Å². The molecule has 10 heteroatoms. The summed E-state index contributed by atoms with van der Waals surface area (Å²) in [6.07, 6.45) is -3.37. The number of aromatic nitrogens is 4. The molecule has 0 aliphatic heterocycles. The van der Waals surface area contributed by atoms with Crippen LogP contribution in [-0.2, 0) is 22.6 Å². The summed E-state index contributed by atoms with van der Waals surface area (Å²) >= 11 is 0. The normalized spacial score (nSPS) is 12.6. The fourth-order valence-electron chi connectivity index (χ4n) is 1.77. The number of nitrogens with zero attached hydrogens (tertiary/aromatic N) is 4. The summed E-state index contributed by atoms with van der Waals surface area (Å²) in [5.41, 5.74) is -1.13. The van der Waals surface area contributed by atoms with Crippen LogP contribution < -0.4 is 0 Å². The molecule has 2 heterocycles. The van der Waals surface area contributed by atoms with Crippen LogP contribution in [0, 0.1) is 0 Å². The lowest BCUT2D eigenvalue weighted by molar-refractivity contribution is -0.141. The highest BCUT2D eigenvalue weighted by atomic mass is 32.2. The molecule has 2 aromatic rings. The van der Waals surface area contributed by atoms with Crippen molar-refractivity contribution in [2.45, 2.75) is 31.7 Å². The highest BCUT2D eigenvalue weighted by Gasteiger charge is 2.35. The fraction of sp³-hybridized carbons (Fsp3) is 0.417. The van der Waals surface area contributed by atoms with Crippen molar-refractivity contribution in [2.75, 3.05) is 5.75 Å². The largest absolute Gasteiger partial charge is 0.433 e. The smallest absolute Gasteiger partial charge is 0.264 e. The Morgan fingerprint density at radius 3 is 2.45 bits per heavy atom. The molecule has 0 spiro atoms. The van der Waals surface area contributed by atoms with Crippen molar-refractivity contribution in [3.63, 3.8) is 0 Å². The molecule has 0 bridgehead atoms. The van der Waals surface area contributed by atoms with Gasteiger partial charge in [0.1, 0.15) is 5.69 Å². The van der Waals surface area contributed by atoms with Crippen molar-refractivity contribution < 1.29 is 21.6 Å². The van der Waals surface area contributed by atoms with Gasteiger partial charge in [-0.2, -0.15) is 18.3 Å². The van der Waals surface area contributed by atoms with E-state index < -0.39 is 26.9 Å². The average Bonchev–Trinajstić information content (AvgIpc) is 2.94. The molecular formula is C12H13F3N4O2S. The van der Waals surface area contributed by atoms with E-state index in [9.17, 15) is 21.6 Å². The van der Waals surface area contributed by atoms with Crippen molar-refractivity contribution in [3.8, 4) is 11.4 Å². The lowest BCUT2D eigenvalue weighted by atomic mass is 10.2. The van der Waals surface area contributed by atoms with Gasteiger partial charge < -0.3 is 0 Å². The third kappa shape index (κ3) is 3.11. The number of hydrogen-bond donors (Lipinski definition) is 0. The summed E-state index contributed by atoms with van der Waals surface area (Å²) in [7, 11) is -3.97. The first-order valence-corrected chi connectivity index (χ1v) is 8.05. The van der Waals surface area contributed by atoms with Gasteiger partial charge in [-0.3, -0.25) is 4.68 Å². The van der Waals surface area contributed by atoms with Crippen molar-refractivity contribution in [1.82, 2.24) is 19.7 Å². The number of hydrogen-bond acceptors (Lipinski definition) is 5. The fourth-order valence-corrected chi connectivity index (χ4v) is 2.51. The van der Waals surface area contributed by atoms with E-state index in [-0.39, 0.29) is 11.4 Å². The Morgan fingerprint density at radius 2 is 1.91 bits per heavy atom. The van der Waals surface area contributed by atoms with Gasteiger partial charge in [-0.05, 0) is 19.1 Å². The summed E-state index contributed by atoms with van der Waals surface area (Å²) in [5, 5.41) is 3.11. The lowest BCUT2D eigenvalue weighted by Crippen LogP contribution is -2.16. The number of aryl methyl sites for hydroxylation is 1. The Kier molecular flexibility index (Phi) is 4.23. The van der Waals surface area contributed by atoms with Crippen LogP contribution >= 0.6 is 0 Å². The van der Waals surface area contributed by atoms with E-state index in [1.807, 2.05) is 0 Å². The highest BCUT2D eigenvalue weighted by molar-refractivity contribution is 7.91. The first kappa shape index (κ1) is 16.4. The Hall–Kier alpha value is -1.97. The third-order valence-electron chi connectivity index (χ3n) is 2.93. The van der Waals surface area contributed by atoms with E-state index in [1.165, 1.54) is 23.9 Å². The van der Waals surface area contributed by atoms with E-state index in [2.05, 4.69) is 15.1 Å². The summed E-state index contributed by atoms with van der Waals surface area (Å²) in [5.74, 6) is -0.388. The van der Waals surface area contributed by atoms with Crippen LogP contribution in [0.5, 0.6) is 0 Å². The molecule has 0 aliphatic rings. The highest BCUT2D eigenvalue weighted by Crippen LogP contribution is 2.31. The standard InChI is InChI=1S/C12H13F3N4O2S/c1-3-19-9(5-6-16-19)8-7-10(12(13,14)15)18-11(17-8)22(20,21)4-2/h5-7H,3-4H2,1-2H3. The van der Waals surface area contributed by atoms with Gasteiger partial charge in [0, 0.05) is 12.7 Å². The maximum absolute atomic E-state index is 13.0. The molecule has 0 unspecified atom stereocenters. The first-order chi connectivity index (χ1) is 10.2. The SMILES string of the molecule is CCn1nccc1-c1cc(C(F)(F)F)nc(S(=O)(=O)CC)n1. The van der Waals surface area contributed by atoms with Gasteiger partial charge in [0.05, 0.1) is 17.1 Å². The van der Waals surface area contributed by atoms with Gasteiger partial charge in [0.25, 0.3) is 0 Å². The first-order valence-electron chi connectivity index (χ1n) is 6.40. The van der Waals surface area contributed by atoms with E-state index >= 15 is 0 Å². The third-order valence-corrected chi connectivity index (χ3v) is 4.43. The molecule has 0 amide bonds. The summed E-state index contributed by atoms with van der Waals surface area (Å²) < 4.78 is 64.0. The van der Waals surface area contributed by atoms with Crippen molar-refractivity contribution >= 4 is 9.84 Å². The molecule has 2 rings (SSSR count). The zero-order valence-electron chi connectivity index (χ0n) is 11.8. The molecule has 0 fully saturated rings. The molecular weight excluding hydrogens is 321 g/mol. The van der Waals surface area contributed by atoms with Gasteiger partial charge in [0.2, 0.25) is 15.0 Å².